The van der Waals surface area contributed by atoms with Crippen molar-refractivity contribution >= 4 is 18.7 Å². The van der Waals surface area contributed by atoms with Crippen molar-refractivity contribution in [2.75, 3.05) is 6.54 Å². The van der Waals surface area contributed by atoms with Crippen LogP contribution in [0.15, 0.2) is 49.1 Å². The number of carbonyl (C=O) groups is 1. The number of ether oxygens (including phenoxy) is 1. The van der Waals surface area contributed by atoms with E-state index < -0.39 is 12.7 Å². The van der Waals surface area contributed by atoms with Crippen LogP contribution in [0.3, 0.4) is 0 Å². The van der Waals surface area contributed by atoms with Gasteiger partial charge < -0.3 is 19.0 Å². The van der Waals surface area contributed by atoms with E-state index in [-0.39, 0.29) is 12.1 Å². The van der Waals surface area contributed by atoms with E-state index in [0.717, 1.165) is 40.9 Å². The van der Waals surface area contributed by atoms with Gasteiger partial charge in [0.25, 0.3) is 0 Å². The molecule has 3 heterocycles. The summed E-state index contributed by atoms with van der Waals surface area (Å²) in [4.78, 5) is 22.3. The van der Waals surface area contributed by atoms with E-state index in [1.165, 1.54) is 0 Å². The van der Waals surface area contributed by atoms with E-state index in [2.05, 4.69) is 29.2 Å². The minimum absolute atomic E-state index is 0.110. The van der Waals surface area contributed by atoms with Crippen LogP contribution in [0, 0.1) is 6.92 Å². The predicted octanol–water partition coefficient (Wildman–Crippen LogP) is 4.23. The summed E-state index contributed by atoms with van der Waals surface area (Å²) in [7, 11) is -0.521. The van der Waals surface area contributed by atoms with Gasteiger partial charge in [-0.25, -0.2) is 9.78 Å². The molecule has 0 aliphatic carbocycles. The first-order valence-corrected chi connectivity index (χ1v) is 10.5. The first kappa shape index (κ1) is 21.1. The molecule has 0 radical (unpaired) electrons. The Morgan fingerprint density at radius 2 is 2.00 bits per heavy atom. The number of imidazole rings is 1. The molecule has 1 aromatic carbocycles. The Hall–Kier alpha value is -3.16. The largest absolute Gasteiger partial charge is 0.633 e. The van der Waals surface area contributed by atoms with E-state index >= 15 is 0 Å². The van der Waals surface area contributed by atoms with Crippen LogP contribution >= 0.6 is 0 Å². The highest BCUT2D eigenvalue weighted by atomic mass is 16.6. The summed E-state index contributed by atoms with van der Waals surface area (Å²) in [5, 5.41) is 0. The second-order valence-electron chi connectivity index (χ2n) is 9.00. The molecule has 1 aromatic heterocycles. The van der Waals surface area contributed by atoms with Crippen molar-refractivity contribution in [3.05, 3.63) is 60.5 Å². The zero-order chi connectivity index (χ0) is 22.3. The highest BCUT2D eigenvalue weighted by Crippen LogP contribution is 2.33. The normalized spacial score (nSPS) is 18.9. The quantitative estimate of drug-likeness (QED) is 0.751. The standard InChI is InChI=1S/C23H28BN3O4/c1-14-12-17(9-10-18(14)24-30-15(2)16(3)31-24)19-13-25-21(26-19)20-8-7-11-27(20)22(28)29-23(4,5)6/h9-10,12-13,20H,2-3,7-8,11H2,1,4-6H3,(H,25,26)/t20-/m0/s1. The van der Waals surface area contributed by atoms with Gasteiger partial charge in [-0.2, -0.15) is 0 Å². The second kappa shape index (κ2) is 7.83. The van der Waals surface area contributed by atoms with Crippen LogP contribution in [0.2, 0.25) is 0 Å². The summed E-state index contributed by atoms with van der Waals surface area (Å²) in [6.07, 6.45) is 3.29. The summed E-state index contributed by atoms with van der Waals surface area (Å²) in [6.45, 7) is 15.9. The minimum Gasteiger partial charge on any atom is -0.520 e. The zero-order valence-electron chi connectivity index (χ0n) is 18.5. The average Bonchev–Trinajstić information content (AvgIpc) is 3.40. The summed E-state index contributed by atoms with van der Waals surface area (Å²) < 4.78 is 16.8. The molecule has 0 unspecified atom stereocenters. The van der Waals surface area contributed by atoms with Crippen molar-refractivity contribution in [2.24, 2.45) is 0 Å². The number of aromatic amines is 1. The van der Waals surface area contributed by atoms with E-state index in [1.807, 2.05) is 46.0 Å². The predicted molar refractivity (Wildman–Crippen MR) is 120 cm³/mol. The molecule has 1 amide bonds. The Balaban J connectivity index is 1.52. The van der Waals surface area contributed by atoms with Crippen molar-refractivity contribution in [1.82, 2.24) is 14.9 Å². The highest BCUT2D eigenvalue weighted by molar-refractivity contribution is 6.63. The van der Waals surface area contributed by atoms with Gasteiger partial charge in [-0.15, -0.1) is 0 Å². The number of aromatic nitrogens is 2. The Morgan fingerprint density at radius 1 is 1.29 bits per heavy atom. The van der Waals surface area contributed by atoms with E-state index in [9.17, 15) is 4.79 Å². The highest BCUT2D eigenvalue weighted by Gasteiger charge is 2.36. The van der Waals surface area contributed by atoms with Gasteiger partial charge in [-0.1, -0.05) is 31.4 Å². The average molecular weight is 421 g/mol. The molecule has 2 saturated heterocycles. The van der Waals surface area contributed by atoms with Crippen molar-refractivity contribution in [2.45, 2.75) is 52.2 Å². The molecular weight excluding hydrogens is 393 g/mol. The fourth-order valence-corrected chi connectivity index (χ4v) is 3.89. The van der Waals surface area contributed by atoms with Crippen molar-refractivity contribution in [1.29, 1.82) is 0 Å². The topological polar surface area (TPSA) is 76.7 Å². The van der Waals surface area contributed by atoms with Crippen LogP contribution in [-0.4, -0.2) is 40.2 Å². The fourth-order valence-electron chi connectivity index (χ4n) is 3.89. The molecule has 31 heavy (non-hydrogen) atoms. The number of hydrogen-bond donors (Lipinski definition) is 1. The van der Waals surface area contributed by atoms with Gasteiger partial charge in [0.1, 0.15) is 22.9 Å². The molecule has 7 nitrogen and oxygen atoms in total. The number of aryl methyl sites for hydroxylation is 1. The first-order chi connectivity index (χ1) is 14.6. The van der Waals surface area contributed by atoms with Gasteiger partial charge in [0.2, 0.25) is 0 Å². The number of hydrogen-bond acceptors (Lipinski definition) is 5. The molecule has 0 saturated carbocycles. The Morgan fingerprint density at radius 3 is 2.65 bits per heavy atom. The van der Waals surface area contributed by atoms with Gasteiger partial charge in [0, 0.05) is 12.0 Å². The summed E-state index contributed by atoms with van der Waals surface area (Å²) in [5.74, 6) is 1.69. The smallest absolute Gasteiger partial charge is 0.520 e. The Kier molecular flexibility index (Phi) is 5.33. The molecule has 1 N–H and O–H groups in total. The number of nitrogens with zero attached hydrogens (tertiary/aromatic N) is 2. The maximum Gasteiger partial charge on any atom is 0.633 e. The number of rotatable bonds is 3. The van der Waals surface area contributed by atoms with Gasteiger partial charge in [0.15, 0.2) is 0 Å². The lowest BCUT2D eigenvalue weighted by Gasteiger charge is -2.27. The van der Waals surface area contributed by atoms with Crippen LogP contribution in [0.4, 0.5) is 4.79 Å². The minimum atomic E-state index is -0.525. The molecule has 162 valence electrons. The van der Waals surface area contributed by atoms with Gasteiger partial charge >= 0.3 is 13.2 Å². The number of carbonyl (C=O) groups excluding carboxylic acids is 1. The third kappa shape index (κ3) is 4.33. The number of likely N-dealkylation sites (tertiary alicyclic amines) is 1. The number of benzene rings is 1. The van der Waals surface area contributed by atoms with E-state index in [1.54, 1.807) is 4.90 Å². The molecule has 2 aliphatic rings. The molecule has 1 atom stereocenters. The summed E-state index contributed by atoms with van der Waals surface area (Å²) in [6, 6.07) is 5.92. The van der Waals surface area contributed by atoms with Crippen molar-refractivity contribution in [3.8, 4) is 11.3 Å². The third-order valence-corrected chi connectivity index (χ3v) is 5.44. The molecule has 0 bridgehead atoms. The van der Waals surface area contributed by atoms with Crippen LogP contribution < -0.4 is 5.46 Å². The Labute approximate surface area is 183 Å². The SMILES string of the molecule is C=C1OB(c2ccc(-c3cnc([C@@H]4CCCN4C(=O)OC(C)(C)C)[nH]3)cc2C)OC1=C. The molecule has 8 heteroatoms. The monoisotopic (exact) mass is 421 g/mol. The summed E-state index contributed by atoms with van der Waals surface area (Å²) >= 11 is 0. The molecule has 4 rings (SSSR count). The number of H-pyrrole nitrogens is 1. The van der Waals surface area contributed by atoms with E-state index in [4.69, 9.17) is 14.0 Å². The maximum atomic E-state index is 12.6. The van der Waals surface area contributed by atoms with Crippen LogP contribution in [0.5, 0.6) is 0 Å². The lowest BCUT2D eigenvalue weighted by molar-refractivity contribution is 0.0218. The lowest BCUT2D eigenvalue weighted by Crippen LogP contribution is -2.36. The first-order valence-electron chi connectivity index (χ1n) is 10.5. The number of nitrogens with one attached hydrogen (secondary N) is 1. The van der Waals surface area contributed by atoms with E-state index in [0.29, 0.717) is 18.1 Å². The molecule has 2 aromatic rings. The maximum absolute atomic E-state index is 12.6. The van der Waals surface area contributed by atoms with Gasteiger partial charge in [-0.3, -0.25) is 4.90 Å². The Bertz CT molecular complexity index is 1020. The molecular formula is C23H28BN3O4. The van der Waals surface area contributed by atoms with Crippen molar-refractivity contribution < 1.29 is 18.8 Å². The molecule has 2 aliphatic heterocycles. The lowest BCUT2D eigenvalue weighted by atomic mass is 9.76. The third-order valence-electron chi connectivity index (χ3n) is 5.44. The fraction of sp³-hybridized carbons (Fsp3) is 0.391. The van der Waals surface area contributed by atoms with Crippen molar-refractivity contribution in [3.63, 3.8) is 0 Å². The zero-order valence-corrected chi connectivity index (χ0v) is 18.5. The van der Waals surface area contributed by atoms with Crippen LogP contribution in [0.1, 0.15) is 51.0 Å². The van der Waals surface area contributed by atoms with Gasteiger partial charge in [0.05, 0.1) is 17.9 Å². The summed E-state index contributed by atoms with van der Waals surface area (Å²) in [5.41, 5.74) is 3.32. The van der Waals surface area contributed by atoms with Crippen LogP contribution in [-0.2, 0) is 14.0 Å². The van der Waals surface area contributed by atoms with Gasteiger partial charge in [-0.05, 0) is 51.7 Å². The second-order valence-corrected chi connectivity index (χ2v) is 9.00. The van der Waals surface area contributed by atoms with Crippen LogP contribution in [0.25, 0.3) is 11.3 Å². The molecule has 2 fully saturated rings. The number of amides is 1. The molecule has 0 spiro atoms.